The number of Topliss-reactive ketones (excluding diaryl/α,β-unsaturated/α-hetero) is 1. The smallest absolute Gasteiger partial charge is 0.306 e. The van der Waals surface area contributed by atoms with Crippen molar-refractivity contribution in [1.82, 2.24) is 4.90 Å². The number of carbonyl (C=O) groups is 4. The Kier molecular flexibility index (Phi) is 5.48. The molecule has 6 atom stereocenters. The van der Waals surface area contributed by atoms with E-state index in [0.717, 1.165) is 12.0 Å². The first-order valence-electron chi connectivity index (χ1n) is 11.7. The molecular formula is C26H29NO5. The van der Waals surface area contributed by atoms with Crippen LogP contribution < -0.4 is 0 Å². The van der Waals surface area contributed by atoms with E-state index in [4.69, 9.17) is 4.74 Å². The highest BCUT2D eigenvalue weighted by molar-refractivity contribution is 6.06. The second-order valence-corrected chi connectivity index (χ2v) is 9.74. The zero-order valence-corrected chi connectivity index (χ0v) is 18.4. The first-order chi connectivity index (χ1) is 15.5. The number of amides is 2. The molecule has 0 aromatic heterocycles. The summed E-state index contributed by atoms with van der Waals surface area (Å²) in [4.78, 5) is 51.3. The van der Waals surface area contributed by atoms with Gasteiger partial charge in [-0.1, -0.05) is 48.4 Å². The van der Waals surface area contributed by atoms with Crippen molar-refractivity contribution < 1.29 is 23.9 Å². The Morgan fingerprint density at radius 2 is 1.56 bits per heavy atom. The standard InChI is InChI=1S/C26H29NO5/c1-15-6-8-16(9-7-15)21(28)14-32-22(29)5-3-2-4-12-27-25(30)23-17-10-11-18(20-13-19(17)20)24(23)26(27)31/h6-11,17-20,23-24H,2-5,12-14H2,1H3/t17-,18+,19-,20-,23+,24+/m1/s1. The number of hydrogen-bond donors (Lipinski definition) is 0. The van der Waals surface area contributed by atoms with E-state index in [1.165, 1.54) is 11.3 Å². The highest BCUT2D eigenvalue weighted by atomic mass is 16.5. The monoisotopic (exact) mass is 435 g/mol. The maximum atomic E-state index is 12.9. The lowest BCUT2D eigenvalue weighted by Crippen LogP contribution is -2.40. The van der Waals surface area contributed by atoms with Crippen LogP contribution in [0.3, 0.4) is 0 Å². The summed E-state index contributed by atoms with van der Waals surface area (Å²) in [5, 5.41) is 0. The van der Waals surface area contributed by atoms with Gasteiger partial charge in [-0.2, -0.15) is 0 Å². The van der Waals surface area contributed by atoms with Gasteiger partial charge in [-0.3, -0.25) is 24.1 Å². The molecule has 168 valence electrons. The Labute approximate surface area is 188 Å². The lowest BCUT2D eigenvalue weighted by Gasteiger charge is -2.37. The van der Waals surface area contributed by atoms with Crippen molar-refractivity contribution in [2.45, 2.75) is 39.0 Å². The summed E-state index contributed by atoms with van der Waals surface area (Å²) < 4.78 is 5.10. The van der Waals surface area contributed by atoms with Crippen LogP contribution in [-0.2, 0) is 19.1 Å². The van der Waals surface area contributed by atoms with Gasteiger partial charge in [-0.05, 0) is 49.9 Å². The van der Waals surface area contributed by atoms with Crippen LogP contribution in [0.5, 0.6) is 0 Å². The van der Waals surface area contributed by atoms with Gasteiger partial charge in [0.25, 0.3) is 0 Å². The Bertz CT molecular complexity index is 944. The fourth-order valence-corrected chi connectivity index (χ4v) is 6.00. The van der Waals surface area contributed by atoms with Crippen LogP contribution in [0.1, 0.15) is 48.0 Å². The van der Waals surface area contributed by atoms with E-state index in [2.05, 4.69) is 12.2 Å². The van der Waals surface area contributed by atoms with Gasteiger partial charge in [-0.15, -0.1) is 0 Å². The summed E-state index contributed by atoms with van der Waals surface area (Å²) >= 11 is 0. The quantitative estimate of drug-likeness (QED) is 0.195. The molecule has 0 N–H and O–H groups in total. The lowest BCUT2D eigenvalue weighted by atomic mass is 9.63. The number of rotatable bonds is 9. The van der Waals surface area contributed by atoms with E-state index in [1.54, 1.807) is 12.1 Å². The van der Waals surface area contributed by atoms with E-state index in [-0.39, 0.29) is 54.3 Å². The number of aryl methyl sites for hydroxylation is 1. The fourth-order valence-electron chi connectivity index (χ4n) is 6.00. The molecule has 1 aromatic carbocycles. The van der Waals surface area contributed by atoms with E-state index >= 15 is 0 Å². The van der Waals surface area contributed by atoms with E-state index in [0.29, 0.717) is 36.8 Å². The largest absolute Gasteiger partial charge is 0.457 e. The van der Waals surface area contributed by atoms with Crippen LogP contribution in [0.15, 0.2) is 36.4 Å². The average Bonchev–Trinajstić information content (AvgIpc) is 3.57. The molecular weight excluding hydrogens is 406 g/mol. The Hall–Kier alpha value is -2.76. The minimum absolute atomic E-state index is 0.0127. The number of likely N-dealkylation sites (tertiary alicyclic amines) is 1. The normalized spacial score (nSPS) is 31.5. The highest BCUT2D eigenvalue weighted by Crippen LogP contribution is 2.65. The molecule has 5 aliphatic rings. The minimum atomic E-state index is -0.397. The molecule has 2 bridgehead atoms. The van der Waals surface area contributed by atoms with Gasteiger partial charge in [0, 0.05) is 18.5 Å². The third kappa shape index (κ3) is 3.70. The highest BCUT2D eigenvalue weighted by Gasteiger charge is 2.66. The number of unbranched alkanes of at least 4 members (excludes halogenated alkanes) is 2. The van der Waals surface area contributed by atoms with Crippen molar-refractivity contribution in [2.75, 3.05) is 13.2 Å². The number of esters is 1. The van der Waals surface area contributed by atoms with Gasteiger partial charge in [-0.25, -0.2) is 0 Å². The maximum Gasteiger partial charge on any atom is 0.306 e. The van der Waals surface area contributed by atoms with Gasteiger partial charge in [0.1, 0.15) is 0 Å². The van der Waals surface area contributed by atoms with Crippen LogP contribution in [0.4, 0.5) is 0 Å². The number of carbonyl (C=O) groups excluding carboxylic acids is 4. The van der Waals surface area contributed by atoms with Crippen LogP contribution >= 0.6 is 0 Å². The summed E-state index contributed by atoms with van der Waals surface area (Å²) in [6.07, 6.45) is 7.78. The molecule has 6 heteroatoms. The number of nitrogens with zero attached hydrogens (tertiary/aromatic N) is 1. The maximum absolute atomic E-state index is 12.9. The molecule has 4 aliphatic carbocycles. The van der Waals surface area contributed by atoms with Crippen LogP contribution in [0.2, 0.25) is 0 Å². The molecule has 0 unspecified atom stereocenters. The first-order valence-corrected chi connectivity index (χ1v) is 11.7. The van der Waals surface area contributed by atoms with Crippen molar-refractivity contribution in [1.29, 1.82) is 0 Å². The van der Waals surface area contributed by atoms with Gasteiger partial charge in [0.15, 0.2) is 12.4 Å². The molecule has 6 rings (SSSR count). The molecule has 2 amide bonds. The molecule has 32 heavy (non-hydrogen) atoms. The number of hydrogen-bond acceptors (Lipinski definition) is 5. The predicted octanol–water partition coefficient (Wildman–Crippen LogP) is 3.33. The second kappa shape index (κ2) is 8.30. The fraction of sp³-hybridized carbons (Fsp3) is 0.538. The molecule has 1 aromatic rings. The number of ether oxygens (including phenoxy) is 1. The van der Waals surface area contributed by atoms with E-state index in [1.807, 2.05) is 19.1 Å². The zero-order valence-electron chi connectivity index (χ0n) is 18.4. The van der Waals surface area contributed by atoms with Crippen molar-refractivity contribution in [3.05, 3.63) is 47.5 Å². The number of allylic oxidation sites excluding steroid dienone is 2. The molecule has 3 fully saturated rings. The van der Waals surface area contributed by atoms with Gasteiger partial charge < -0.3 is 4.74 Å². The third-order valence-electron chi connectivity index (χ3n) is 7.75. The first kappa shape index (κ1) is 21.1. The van der Waals surface area contributed by atoms with Crippen molar-refractivity contribution in [3.63, 3.8) is 0 Å². The summed E-state index contributed by atoms with van der Waals surface area (Å²) in [5.41, 5.74) is 1.60. The summed E-state index contributed by atoms with van der Waals surface area (Å²) in [6.45, 7) is 2.13. The lowest BCUT2D eigenvalue weighted by molar-refractivity contribution is -0.143. The molecule has 0 radical (unpaired) electrons. The number of benzene rings is 1. The van der Waals surface area contributed by atoms with Crippen LogP contribution in [-0.4, -0.2) is 41.6 Å². The van der Waals surface area contributed by atoms with E-state index < -0.39 is 5.97 Å². The topological polar surface area (TPSA) is 80.8 Å². The molecule has 0 spiro atoms. The Balaban J connectivity index is 1.02. The minimum Gasteiger partial charge on any atom is -0.457 e. The number of imide groups is 1. The summed E-state index contributed by atoms with van der Waals surface area (Å²) in [5.74, 6) is 0.891. The van der Waals surface area contributed by atoms with E-state index in [9.17, 15) is 19.2 Å². The van der Waals surface area contributed by atoms with Crippen molar-refractivity contribution in [2.24, 2.45) is 35.5 Å². The summed E-state index contributed by atoms with van der Waals surface area (Å²) in [7, 11) is 0. The molecule has 2 saturated carbocycles. The SMILES string of the molecule is Cc1ccc(C(=O)COC(=O)CCCCCN2C(=O)[C@H]3[C@@H]4C=C[C@@H]([C@H]5C[C@H]45)[C@@H]3C2=O)cc1. The van der Waals surface area contributed by atoms with Crippen LogP contribution in [0, 0.1) is 42.4 Å². The molecule has 1 aliphatic heterocycles. The average molecular weight is 436 g/mol. The van der Waals surface area contributed by atoms with Crippen molar-refractivity contribution in [3.8, 4) is 0 Å². The second-order valence-electron chi connectivity index (χ2n) is 9.74. The molecule has 1 saturated heterocycles. The van der Waals surface area contributed by atoms with Crippen LogP contribution in [0.25, 0.3) is 0 Å². The Morgan fingerprint density at radius 1 is 0.938 bits per heavy atom. The summed E-state index contributed by atoms with van der Waals surface area (Å²) in [6, 6.07) is 7.16. The van der Waals surface area contributed by atoms with Gasteiger partial charge >= 0.3 is 5.97 Å². The molecule has 1 heterocycles. The third-order valence-corrected chi connectivity index (χ3v) is 7.75. The van der Waals surface area contributed by atoms with Gasteiger partial charge in [0.2, 0.25) is 11.8 Å². The number of ketones is 1. The van der Waals surface area contributed by atoms with Gasteiger partial charge in [0.05, 0.1) is 11.8 Å². The Morgan fingerprint density at radius 3 is 2.19 bits per heavy atom. The zero-order chi connectivity index (χ0) is 22.4. The van der Waals surface area contributed by atoms with Crippen molar-refractivity contribution >= 4 is 23.6 Å². The molecule has 6 nitrogen and oxygen atoms in total. The predicted molar refractivity (Wildman–Crippen MR) is 116 cm³/mol.